The van der Waals surface area contributed by atoms with Gasteiger partial charge in [0.05, 0.1) is 6.42 Å². The van der Waals surface area contributed by atoms with Gasteiger partial charge in [0, 0.05) is 10.5 Å². The molecule has 1 amide bonds. The van der Waals surface area contributed by atoms with Crippen LogP contribution in [-0.4, -0.2) is 16.4 Å². The molecule has 0 aliphatic heterocycles. The maximum absolute atomic E-state index is 11.8. The maximum Gasteiger partial charge on any atom is 0.224 e. The molecule has 1 aromatic carbocycles. The van der Waals surface area contributed by atoms with E-state index in [4.69, 9.17) is 0 Å². The van der Waals surface area contributed by atoms with Gasteiger partial charge in [-0.1, -0.05) is 66.8 Å². The number of carbonyl (C=O) groups is 1. The molecule has 1 atom stereocenters. The van der Waals surface area contributed by atoms with Gasteiger partial charge < -0.3 is 5.32 Å². The summed E-state index contributed by atoms with van der Waals surface area (Å²) in [6.07, 6.45) is 0.473. The first-order valence-electron chi connectivity index (χ1n) is 5.52. The molecular weight excluding hydrogens is 313 g/mol. The van der Waals surface area contributed by atoms with E-state index in [0.29, 0.717) is 12.3 Å². The summed E-state index contributed by atoms with van der Waals surface area (Å²) >= 11 is 2.31. The molecule has 2 nitrogen and oxygen atoms in total. The van der Waals surface area contributed by atoms with Crippen LogP contribution < -0.4 is 5.32 Å². The highest BCUT2D eigenvalue weighted by molar-refractivity contribution is 14.1. The van der Waals surface area contributed by atoms with Gasteiger partial charge in [0.1, 0.15) is 0 Å². The van der Waals surface area contributed by atoms with Crippen molar-refractivity contribution in [3.05, 3.63) is 35.9 Å². The highest BCUT2D eigenvalue weighted by atomic mass is 127. The van der Waals surface area contributed by atoms with E-state index in [-0.39, 0.29) is 11.9 Å². The summed E-state index contributed by atoms with van der Waals surface area (Å²) < 4.78 is 0.954. The fraction of sp³-hybridized carbons (Fsp3) is 0.462. The Morgan fingerprint density at radius 3 is 2.44 bits per heavy atom. The summed E-state index contributed by atoms with van der Waals surface area (Å²) in [5.41, 5.74) is 1.07. The van der Waals surface area contributed by atoms with Gasteiger partial charge in [-0.15, -0.1) is 0 Å². The predicted octanol–water partition coefficient (Wildman–Crippen LogP) is 2.80. The van der Waals surface area contributed by atoms with Crippen molar-refractivity contribution >= 4 is 28.5 Å². The molecule has 0 aliphatic carbocycles. The molecule has 0 aliphatic rings. The van der Waals surface area contributed by atoms with Crippen LogP contribution in [0.1, 0.15) is 19.4 Å². The van der Waals surface area contributed by atoms with Crippen LogP contribution in [0.25, 0.3) is 0 Å². The molecule has 0 aromatic heterocycles. The lowest BCUT2D eigenvalue weighted by Crippen LogP contribution is -2.40. The van der Waals surface area contributed by atoms with Gasteiger partial charge in [0.2, 0.25) is 5.91 Å². The molecule has 0 heterocycles. The fourth-order valence-electron chi connectivity index (χ4n) is 1.42. The van der Waals surface area contributed by atoms with Gasteiger partial charge in [-0.25, -0.2) is 0 Å². The van der Waals surface area contributed by atoms with Crippen molar-refractivity contribution < 1.29 is 4.79 Å². The number of rotatable bonds is 5. The smallest absolute Gasteiger partial charge is 0.224 e. The van der Waals surface area contributed by atoms with Crippen molar-refractivity contribution in [2.45, 2.75) is 26.3 Å². The molecule has 0 fully saturated rings. The van der Waals surface area contributed by atoms with Crippen molar-refractivity contribution in [2.24, 2.45) is 5.92 Å². The second-order valence-corrected chi connectivity index (χ2v) is 5.12. The van der Waals surface area contributed by atoms with Crippen LogP contribution in [0.4, 0.5) is 0 Å². The molecular formula is C13H18INO. The third-order valence-electron chi connectivity index (χ3n) is 2.52. The Bertz CT molecular complexity index is 324. The van der Waals surface area contributed by atoms with Crippen molar-refractivity contribution in [3.63, 3.8) is 0 Å². The highest BCUT2D eigenvalue weighted by Crippen LogP contribution is 2.06. The molecule has 3 heteroatoms. The molecule has 1 aromatic rings. The minimum Gasteiger partial charge on any atom is -0.352 e. The Hall–Kier alpha value is -0.580. The van der Waals surface area contributed by atoms with Crippen LogP contribution >= 0.6 is 22.6 Å². The van der Waals surface area contributed by atoms with Crippen LogP contribution in [0.15, 0.2) is 30.3 Å². The number of halogens is 1. The lowest BCUT2D eigenvalue weighted by Gasteiger charge is -2.19. The summed E-state index contributed by atoms with van der Waals surface area (Å²) in [7, 11) is 0. The topological polar surface area (TPSA) is 29.1 Å². The zero-order valence-electron chi connectivity index (χ0n) is 9.74. The van der Waals surface area contributed by atoms with Gasteiger partial charge >= 0.3 is 0 Å². The molecule has 16 heavy (non-hydrogen) atoms. The number of carbonyl (C=O) groups excluding carboxylic acids is 1. The Labute approximate surface area is 111 Å². The molecule has 1 N–H and O–H groups in total. The highest BCUT2D eigenvalue weighted by Gasteiger charge is 2.14. The SMILES string of the molecule is CC(C)C(CI)NC(=O)Cc1ccccc1. The summed E-state index contributed by atoms with van der Waals surface area (Å²) in [6.45, 7) is 4.26. The minimum absolute atomic E-state index is 0.113. The number of benzene rings is 1. The summed E-state index contributed by atoms with van der Waals surface area (Å²) in [6, 6.07) is 10.1. The van der Waals surface area contributed by atoms with Crippen LogP contribution in [0.3, 0.4) is 0 Å². The maximum atomic E-state index is 11.8. The van der Waals surface area contributed by atoms with E-state index in [1.807, 2.05) is 30.3 Å². The quantitative estimate of drug-likeness (QED) is 0.652. The second-order valence-electron chi connectivity index (χ2n) is 4.23. The number of nitrogens with one attached hydrogen (secondary N) is 1. The second kappa shape index (κ2) is 6.89. The van der Waals surface area contributed by atoms with Crippen molar-refractivity contribution in [1.29, 1.82) is 0 Å². The average molecular weight is 331 g/mol. The van der Waals surface area contributed by atoms with Crippen LogP contribution in [-0.2, 0) is 11.2 Å². The number of hydrogen-bond donors (Lipinski definition) is 1. The summed E-state index contributed by atoms with van der Waals surface area (Å²) in [5.74, 6) is 0.596. The van der Waals surface area contributed by atoms with Gasteiger partial charge in [-0.3, -0.25) is 4.79 Å². The molecule has 0 bridgehead atoms. The Kier molecular flexibility index (Phi) is 5.80. The lowest BCUT2D eigenvalue weighted by atomic mass is 10.1. The number of hydrogen-bond acceptors (Lipinski definition) is 1. The Morgan fingerprint density at radius 2 is 1.94 bits per heavy atom. The van der Waals surface area contributed by atoms with E-state index in [0.717, 1.165) is 9.99 Å². The first kappa shape index (κ1) is 13.5. The van der Waals surface area contributed by atoms with E-state index in [1.165, 1.54) is 0 Å². The number of alkyl halides is 1. The molecule has 0 saturated carbocycles. The number of amides is 1. The van der Waals surface area contributed by atoms with E-state index in [9.17, 15) is 4.79 Å². The molecule has 1 unspecified atom stereocenters. The summed E-state index contributed by atoms with van der Waals surface area (Å²) in [4.78, 5) is 11.8. The molecule has 1 rings (SSSR count). The van der Waals surface area contributed by atoms with Gasteiger partial charge in [-0.05, 0) is 11.5 Å². The molecule has 0 spiro atoms. The zero-order chi connectivity index (χ0) is 12.0. The van der Waals surface area contributed by atoms with E-state index >= 15 is 0 Å². The largest absolute Gasteiger partial charge is 0.352 e. The monoisotopic (exact) mass is 331 g/mol. The van der Waals surface area contributed by atoms with E-state index < -0.39 is 0 Å². The van der Waals surface area contributed by atoms with Gasteiger partial charge in [-0.2, -0.15) is 0 Å². The summed E-state index contributed by atoms with van der Waals surface area (Å²) in [5, 5.41) is 3.07. The van der Waals surface area contributed by atoms with Gasteiger partial charge in [0.15, 0.2) is 0 Å². The van der Waals surface area contributed by atoms with Crippen molar-refractivity contribution in [2.75, 3.05) is 4.43 Å². The average Bonchev–Trinajstić information content (AvgIpc) is 2.27. The van der Waals surface area contributed by atoms with Crippen LogP contribution in [0.5, 0.6) is 0 Å². The standard InChI is InChI=1S/C13H18INO/c1-10(2)12(9-14)15-13(16)8-11-6-4-3-5-7-11/h3-7,10,12H,8-9H2,1-2H3,(H,15,16). The normalized spacial score (nSPS) is 12.5. The zero-order valence-corrected chi connectivity index (χ0v) is 11.9. The third-order valence-corrected chi connectivity index (χ3v) is 3.47. The van der Waals surface area contributed by atoms with Crippen molar-refractivity contribution in [3.8, 4) is 0 Å². The first-order chi connectivity index (χ1) is 7.63. The van der Waals surface area contributed by atoms with Crippen LogP contribution in [0.2, 0.25) is 0 Å². The Balaban J connectivity index is 2.47. The lowest BCUT2D eigenvalue weighted by molar-refractivity contribution is -0.121. The Morgan fingerprint density at radius 1 is 1.31 bits per heavy atom. The van der Waals surface area contributed by atoms with Crippen molar-refractivity contribution in [1.82, 2.24) is 5.32 Å². The minimum atomic E-state index is 0.113. The first-order valence-corrected chi connectivity index (χ1v) is 7.05. The van der Waals surface area contributed by atoms with E-state index in [1.54, 1.807) is 0 Å². The fourth-order valence-corrected chi connectivity index (χ4v) is 2.66. The molecule has 0 radical (unpaired) electrons. The third kappa shape index (κ3) is 4.51. The van der Waals surface area contributed by atoms with Gasteiger partial charge in [0.25, 0.3) is 0 Å². The van der Waals surface area contributed by atoms with E-state index in [2.05, 4.69) is 41.8 Å². The predicted molar refractivity (Wildman–Crippen MR) is 75.8 cm³/mol. The molecule has 88 valence electrons. The van der Waals surface area contributed by atoms with Crippen LogP contribution in [0, 0.1) is 5.92 Å². The molecule has 0 saturated heterocycles.